The number of hydrogen-bond acceptors (Lipinski definition) is 2. The van der Waals surface area contributed by atoms with Crippen molar-refractivity contribution in [3.63, 3.8) is 0 Å². The van der Waals surface area contributed by atoms with Gasteiger partial charge in [-0.2, -0.15) is 0 Å². The summed E-state index contributed by atoms with van der Waals surface area (Å²) < 4.78 is 5.38. The molecule has 1 aliphatic carbocycles. The van der Waals surface area contributed by atoms with E-state index in [4.69, 9.17) is 4.74 Å². The van der Waals surface area contributed by atoms with Crippen LogP contribution in [0.3, 0.4) is 0 Å². The first-order valence-corrected chi connectivity index (χ1v) is 8.00. The molecule has 0 heterocycles. The van der Waals surface area contributed by atoms with Crippen molar-refractivity contribution in [3.8, 4) is 5.75 Å². The molecule has 2 nitrogen and oxygen atoms in total. The van der Waals surface area contributed by atoms with Crippen LogP contribution in [0.25, 0.3) is 0 Å². The van der Waals surface area contributed by atoms with E-state index in [-0.39, 0.29) is 6.10 Å². The highest BCUT2D eigenvalue weighted by molar-refractivity contribution is 5.37. The minimum absolute atomic E-state index is 0.243. The van der Waals surface area contributed by atoms with Crippen molar-refractivity contribution in [2.45, 2.75) is 64.4 Å². The largest absolute Gasteiger partial charge is 0.496 e. The Kier molecular flexibility index (Phi) is 5.90. The fourth-order valence-electron chi connectivity index (χ4n) is 3.33. The Morgan fingerprint density at radius 1 is 1.25 bits per heavy atom. The first-order chi connectivity index (χ1) is 9.69. The molecule has 1 N–H and O–H groups in total. The fourth-order valence-corrected chi connectivity index (χ4v) is 3.33. The van der Waals surface area contributed by atoms with Crippen LogP contribution >= 0.6 is 0 Å². The fraction of sp³-hybridized carbons (Fsp3) is 0.667. The molecule has 1 unspecified atom stereocenters. The molecule has 2 rings (SSSR count). The Morgan fingerprint density at radius 3 is 2.70 bits per heavy atom. The lowest BCUT2D eigenvalue weighted by Crippen LogP contribution is -2.15. The predicted molar refractivity (Wildman–Crippen MR) is 83.3 cm³/mol. The molecule has 1 fully saturated rings. The molecule has 0 saturated heterocycles. The van der Waals surface area contributed by atoms with Crippen molar-refractivity contribution in [2.75, 3.05) is 7.11 Å². The molecule has 0 amide bonds. The zero-order chi connectivity index (χ0) is 14.4. The van der Waals surface area contributed by atoms with Crippen LogP contribution in [0.2, 0.25) is 0 Å². The number of methoxy groups -OCH3 is 1. The van der Waals surface area contributed by atoms with Gasteiger partial charge in [0.15, 0.2) is 0 Å². The third-order valence-corrected chi connectivity index (χ3v) is 4.52. The van der Waals surface area contributed by atoms with Crippen LogP contribution < -0.4 is 4.74 Å². The first kappa shape index (κ1) is 15.4. The normalized spacial score (nSPS) is 17.9. The van der Waals surface area contributed by atoms with Crippen LogP contribution in [0.4, 0.5) is 0 Å². The van der Waals surface area contributed by atoms with Gasteiger partial charge < -0.3 is 9.84 Å². The van der Waals surface area contributed by atoms with Crippen molar-refractivity contribution < 1.29 is 9.84 Å². The van der Waals surface area contributed by atoms with Crippen LogP contribution in [-0.2, 0) is 6.42 Å². The standard InChI is InChI=1S/C18H28O2/c1-14-8-11-18(20-2)16(12-14)13-17(19)10-9-15-6-4-3-5-7-15/h8,11-12,15,17,19H,3-7,9-10,13H2,1-2H3. The Hall–Kier alpha value is -1.02. The van der Waals surface area contributed by atoms with Gasteiger partial charge in [0, 0.05) is 6.42 Å². The van der Waals surface area contributed by atoms with E-state index in [9.17, 15) is 5.11 Å². The molecule has 0 radical (unpaired) electrons. The SMILES string of the molecule is COc1ccc(C)cc1CC(O)CCC1CCCCC1. The summed E-state index contributed by atoms with van der Waals surface area (Å²) in [7, 11) is 1.70. The summed E-state index contributed by atoms with van der Waals surface area (Å²) in [6.07, 6.45) is 9.45. The van der Waals surface area contributed by atoms with E-state index < -0.39 is 0 Å². The number of aliphatic hydroxyl groups excluding tert-OH is 1. The van der Waals surface area contributed by atoms with Crippen molar-refractivity contribution in [1.29, 1.82) is 0 Å². The van der Waals surface area contributed by atoms with Gasteiger partial charge in [0.1, 0.15) is 5.75 Å². The number of aliphatic hydroxyl groups is 1. The number of benzene rings is 1. The second-order valence-electron chi connectivity index (χ2n) is 6.25. The van der Waals surface area contributed by atoms with E-state index in [0.29, 0.717) is 6.42 Å². The molecule has 1 aromatic carbocycles. The minimum atomic E-state index is -0.243. The van der Waals surface area contributed by atoms with Gasteiger partial charge in [-0.1, -0.05) is 49.8 Å². The lowest BCUT2D eigenvalue weighted by Gasteiger charge is -2.22. The van der Waals surface area contributed by atoms with E-state index in [1.54, 1.807) is 7.11 Å². The molecular formula is C18H28O2. The van der Waals surface area contributed by atoms with Gasteiger partial charge in [-0.3, -0.25) is 0 Å². The Bertz CT molecular complexity index is 408. The summed E-state index contributed by atoms with van der Waals surface area (Å²) in [6, 6.07) is 6.18. The number of hydrogen-bond donors (Lipinski definition) is 1. The molecule has 0 bridgehead atoms. The topological polar surface area (TPSA) is 29.5 Å². The van der Waals surface area contributed by atoms with E-state index >= 15 is 0 Å². The lowest BCUT2D eigenvalue weighted by molar-refractivity contribution is 0.148. The van der Waals surface area contributed by atoms with Crippen molar-refractivity contribution in [2.24, 2.45) is 5.92 Å². The number of rotatable bonds is 6. The maximum absolute atomic E-state index is 10.3. The Balaban J connectivity index is 1.84. The molecule has 0 spiro atoms. The van der Waals surface area contributed by atoms with Gasteiger partial charge in [0.25, 0.3) is 0 Å². The molecule has 1 aliphatic rings. The van der Waals surface area contributed by atoms with Crippen LogP contribution in [0, 0.1) is 12.8 Å². The number of ether oxygens (including phenoxy) is 1. The molecule has 0 aliphatic heterocycles. The second kappa shape index (κ2) is 7.68. The Morgan fingerprint density at radius 2 is 2.00 bits per heavy atom. The van der Waals surface area contributed by atoms with Crippen LogP contribution in [0.15, 0.2) is 18.2 Å². The van der Waals surface area contributed by atoms with Gasteiger partial charge in [-0.05, 0) is 37.3 Å². The summed E-state index contributed by atoms with van der Waals surface area (Å²) in [5, 5.41) is 10.3. The molecule has 20 heavy (non-hydrogen) atoms. The van der Waals surface area contributed by atoms with Gasteiger partial charge in [-0.25, -0.2) is 0 Å². The maximum atomic E-state index is 10.3. The van der Waals surface area contributed by atoms with Crippen molar-refractivity contribution in [3.05, 3.63) is 29.3 Å². The third kappa shape index (κ3) is 4.52. The molecule has 1 saturated carbocycles. The summed E-state index contributed by atoms with van der Waals surface area (Å²) in [5.41, 5.74) is 2.35. The summed E-state index contributed by atoms with van der Waals surface area (Å²) in [6.45, 7) is 2.08. The zero-order valence-electron chi connectivity index (χ0n) is 12.9. The van der Waals surface area contributed by atoms with E-state index in [0.717, 1.165) is 23.7 Å². The third-order valence-electron chi connectivity index (χ3n) is 4.52. The van der Waals surface area contributed by atoms with Gasteiger partial charge in [0.2, 0.25) is 0 Å². The second-order valence-corrected chi connectivity index (χ2v) is 6.25. The quantitative estimate of drug-likeness (QED) is 0.841. The smallest absolute Gasteiger partial charge is 0.122 e. The average Bonchev–Trinajstić information content (AvgIpc) is 2.46. The molecular weight excluding hydrogens is 248 g/mol. The van der Waals surface area contributed by atoms with Crippen LogP contribution in [0.5, 0.6) is 5.75 Å². The lowest BCUT2D eigenvalue weighted by atomic mass is 9.85. The van der Waals surface area contributed by atoms with Crippen molar-refractivity contribution in [1.82, 2.24) is 0 Å². The summed E-state index contributed by atoms with van der Waals surface area (Å²) >= 11 is 0. The van der Waals surface area contributed by atoms with Gasteiger partial charge in [0.05, 0.1) is 13.2 Å². The zero-order valence-corrected chi connectivity index (χ0v) is 12.9. The molecule has 2 heteroatoms. The maximum Gasteiger partial charge on any atom is 0.122 e. The van der Waals surface area contributed by atoms with E-state index in [1.165, 1.54) is 44.1 Å². The highest BCUT2D eigenvalue weighted by atomic mass is 16.5. The molecule has 0 aromatic heterocycles. The first-order valence-electron chi connectivity index (χ1n) is 8.00. The molecule has 1 aromatic rings. The monoisotopic (exact) mass is 276 g/mol. The molecule has 112 valence electrons. The van der Waals surface area contributed by atoms with Crippen LogP contribution in [-0.4, -0.2) is 18.3 Å². The summed E-state index contributed by atoms with van der Waals surface area (Å²) in [4.78, 5) is 0. The number of aryl methyl sites for hydroxylation is 1. The highest BCUT2D eigenvalue weighted by Gasteiger charge is 2.16. The van der Waals surface area contributed by atoms with Gasteiger partial charge >= 0.3 is 0 Å². The summed E-state index contributed by atoms with van der Waals surface area (Å²) in [5.74, 6) is 1.74. The highest BCUT2D eigenvalue weighted by Crippen LogP contribution is 2.29. The van der Waals surface area contributed by atoms with E-state index in [2.05, 4.69) is 19.1 Å². The predicted octanol–water partition coefficient (Wildman–Crippen LogP) is 4.27. The minimum Gasteiger partial charge on any atom is -0.496 e. The Labute approximate surface area is 123 Å². The average molecular weight is 276 g/mol. The van der Waals surface area contributed by atoms with Gasteiger partial charge in [-0.15, -0.1) is 0 Å². The van der Waals surface area contributed by atoms with Crippen LogP contribution in [0.1, 0.15) is 56.1 Å². The molecule has 1 atom stereocenters. The van der Waals surface area contributed by atoms with Crippen molar-refractivity contribution >= 4 is 0 Å². The van der Waals surface area contributed by atoms with E-state index in [1.807, 2.05) is 6.07 Å².